The zero-order chi connectivity index (χ0) is 20.2. The van der Waals surface area contributed by atoms with Crippen molar-refractivity contribution in [1.29, 1.82) is 0 Å². The van der Waals surface area contributed by atoms with Gasteiger partial charge in [0.2, 0.25) is 5.78 Å². The molecule has 0 aromatic carbocycles. The number of nitrogens with zero attached hydrogens (tertiary/aromatic N) is 2. The van der Waals surface area contributed by atoms with E-state index in [2.05, 4.69) is 6.92 Å². The minimum atomic E-state index is -2.05. The molecular formula is C19H27Cl3N2O3. The molecule has 8 heteroatoms. The van der Waals surface area contributed by atoms with Gasteiger partial charge in [0.25, 0.3) is 9.70 Å². The van der Waals surface area contributed by atoms with Gasteiger partial charge in [-0.3, -0.25) is 9.59 Å². The smallest absolute Gasteiger partial charge is 0.253 e. The first kappa shape index (κ1) is 22.5. The van der Waals surface area contributed by atoms with Gasteiger partial charge in [0.05, 0.1) is 12.6 Å². The molecule has 2 aliphatic rings. The third kappa shape index (κ3) is 5.41. The number of methoxy groups -OCH3 is 1. The number of carbonyl (C=O) groups excluding carboxylic acids is 2. The van der Waals surface area contributed by atoms with E-state index in [-0.39, 0.29) is 17.9 Å². The maximum atomic E-state index is 13.4. The Morgan fingerprint density at radius 2 is 1.93 bits per heavy atom. The number of allylic oxidation sites excluding steroid dienone is 1. The number of rotatable bonds is 7. The van der Waals surface area contributed by atoms with Crippen molar-refractivity contribution in [3.8, 4) is 0 Å². The summed E-state index contributed by atoms with van der Waals surface area (Å²) in [5, 5.41) is 0. The maximum Gasteiger partial charge on any atom is 0.253 e. The van der Waals surface area contributed by atoms with Crippen LogP contribution < -0.4 is 0 Å². The average molecular weight is 438 g/mol. The van der Waals surface area contributed by atoms with Crippen LogP contribution in [0.2, 0.25) is 0 Å². The van der Waals surface area contributed by atoms with Crippen LogP contribution >= 0.6 is 34.8 Å². The summed E-state index contributed by atoms with van der Waals surface area (Å²) in [6.07, 6.45) is 7.78. The molecular weight excluding hydrogens is 411 g/mol. The second kappa shape index (κ2) is 9.64. The molecule has 0 unspecified atom stereocenters. The summed E-state index contributed by atoms with van der Waals surface area (Å²) in [6.45, 7) is 3.26. The number of Topliss-reactive ketones (excluding diaryl/α,β-unsaturated/α-hetero) is 1. The van der Waals surface area contributed by atoms with Crippen molar-refractivity contribution in [2.45, 2.75) is 48.9 Å². The van der Waals surface area contributed by atoms with Crippen molar-refractivity contribution < 1.29 is 14.3 Å². The number of ether oxygens (including phenoxy) is 1. The van der Waals surface area contributed by atoms with Crippen LogP contribution in [0.15, 0.2) is 23.5 Å². The number of hydrogen-bond acceptors (Lipinski definition) is 4. The number of ketones is 1. The van der Waals surface area contributed by atoms with E-state index in [0.717, 1.165) is 25.7 Å². The first-order valence-electron chi connectivity index (χ1n) is 9.27. The zero-order valence-electron chi connectivity index (χ0n) is 16.0. The van der Waals surface area contributed by atoms with Gasteiger partial charge in [-0.2, -0.15) is 0 Å². The summed E-state index contributed by atoms with van der Waals surface area (Å²) in [5.74, 6) is -1.01. The SMILES string of the molecule is CCCC[C@H]1C(C(=O)N2CCC[C@H]2COC)=CN(C)C=C1C(=O)C(Cl)(Cl)Cl. The van der Waals surface area contributed by atoms with Gasteiger partial charge >= 0.3 is 0 Å². The molecule has 0 saturated carbocycles. The van der Waals surface area contributed by atoms with Gasteiger partial charge in [-0.1, -0.05) is 54.6 Å². The van der Waals surface area contributed by atoms with E-state index in [4.69, 9.17) is 39.5 Å². The third-order valence-corrected chi connectivity index (χ3v) is 5.56. The van der Waals surface area contributed by atoms with Crippen LogP contribution in [-0.4, -0.2) is 58.6 Å². The number of carbonyl (C=O) groups is 2. The fourth-order valence-corrected chi connectivity index (χ4v) is 4.09. The lowest BCUT2D eigenvalue weighted by atomic mass is 9.83. The largest absolute Gasteiger partial charge is 0.383 e. The summed E-state index contributed by atoms with van der Waals surface area (Å²) in [7, 11) is 3.41. The number of alkyl halides is 3. The van der Waals surface area contributed by atoms with Crippen LogP contribution in [0.1, 0.15) is 39.0 Å². The van der Waals surface area contributed by atoms with Gasteiger partial charge in [-0.15, -0.1) is 0 Å². The van der Waals surface area contributed by atoms with Gasteiger partial charge in [0, 0.05) is 50.2 Å². The molecule has 0 radical (unpaired) electrons. The first-order chi connectivity index (χ1) is 12.7. The van der Waals surface area contributed by atoms with Crippen molar-refractivity contribution in [3.63, 3.8) is 0 Å². The second-order valence-electron chi connectivity index (χ2n) is 7.11. The van der Waals surface area contributed by atoms with E-state index in [9.17, 15) is 9.59 Å². The molecule has 2 atom stereocenters. The number of amides is 1. The molecule has 1 amide bonds. The molecule has 1 fully saturated rings. The van der Waals surface area contributed by atoms with Gasteiger partial charge in [0.1, 0.15) is 0 Å². The van der Waals surface area contributed by atoms with E-state index in [1.54, 1.807) is 31.5 Å². The summed E-state index contributed by atoms with van der Waals surface area (Å²) in [6, 6.07) is 0.0544. The topological polar surface area (TPSA) is 49.9 Å². The van der Waals surface area contributed by atoms with Crippen molar-refractivity contribution in [2.75, 3.05) is 27.3 Å². The normalized spacial score (nSPS) is 23.3. The van der Waals surface area contributed by atoms with Crippen molar-refractivity contribution in [2.24, 2.45) is 5.92 Å². The molecule has 152 valence electrons. The summed E-state index contributed by atoms with van der Waals surface area (Å²) >= 11 is 17.6. The van der Waals surface area contributed by atoms with E-state index in [0.29, 0.717) is 30.7 Å². The van der Waals surface area contributed by atoms with Crippen molar-refractivity contribution in [3.05, 3.63) is 23.5 Å². The molecule has 0 N–H and O–H groups in total. The van der Waals surface area contributed by atoms with Crippen LogP contribution in [0.5, 0.6) is 0 Å². The Morgan fingerprint density at radius 3 is 2.52 bits per heavy atom. The summed E-state index contributed by atoms with van der Waals surface area (Å²) in [4.78, 5) is 29.6. The lowest BCUT2D eigenvalue weighted by Gasteiger charge is -2.33. The van der Waals surface area contributed by atoms with Gasteiger partial charge in [-0.25, -0.2) is 0 Å². The number of halogens is 3. The molecule has 0 aromatic heterocycles. The van der Waals surface area contributed by atoms with Crippen LogP contribution in [0.4, 0.5) is 0 Å². The molecule has 5 nitrogen and oxygen atoms in total. The van der Waals surface area contributed by atoms with Crippen LogP contribution in [0, 0.1) is 5.92 Å². The average Bonchev–Trinajstić information content (AvgIpc) is 3.06. The standard InChI is InChI=1S/C19H27Cl3N2O3/c1-4-5-8-14-15(17(25)19(20,21)22)10-23(2)11-16(14)18(26)24-9-6-7-13(24)12-27-3/h10-11,13-14H,4-9,12H2,1-3H3/t13-,14+/m0/s1. The van der Waals surface area contributed by atoms with Crippen molar-refractivity contribution in [1.82, 2.24) is 9.80 Å². The van der Waals surface area contributed by atoms with Crippen molar-refractivity contribution >= 4 is 46.5 Å². The molecule has 27 heavy (non-hydrogen) atoms. The third-order valence-electron chi connectivity index (χ3n) is 5.05. The second-order valence-corrected chi connectivity index (χ2v) is 9.39. The molecule has 2 heterocycles. The molecule has 0 bridgehead atoms. The highest BCUT2D eigenvalue weighted by Crippen LogP contribution is 2.39. The number of unbranched alkanes of at least 4 members (excludes halogenated alkanes) is 1. The first-order valence-corrected chi connectivity index (χ1v) is 10.4. The van der Waals surface area contributed by atoms with E-state index in [1.165, 1.54) is 0 Å². The Labute approximate surface area is 176 Å². The van der Waals surface area contributed by atoms with Gasteiger partial charge in [0.15, 0.2) is 0 Å². The number of likely N-dealkylation sites (tertiary alicyclic amines) is 1. The lowest BCUT2D eigenvalue weighted by molar-refractivity contribution is -0.129. The Hall–Kier alpha value is -0.750. The highest BCUT2D eigenvalue weighted by Gasteiger charge is 2.42. The Balaban J connectivity index is 2.34. The van der Waals surface area contributed by atoms with E-state index in [1.807, 2.05) is 4.90 Å². The fraction of sp³-hybridized carbons (Fsp3) is 0.684. The Kier molecular flexibility index (Phi) is 8.05. The highest BCUT2D eigenvalue weighted by molar-refractivity contribution is 6.77. The Bertz CT molecular complexity index is 628. The zero-order valence-corrected chi connectivity index (χ0v) is 18.3. The van der Waals surface area contributed by atoms with Gasteiger partial charge < -0.3 is 14.5 Å². The van der Waals surface area contributed by atoms with E-state index < -0.39 is 9.58 Å². The highest BCUT2D eigenvalue weighted by atomic mass is 35.6. The monoisotopic (exact) mass is 436 g/mol. The predicted molar refractivity (Wildman–Crippen MR) is 109 cm³/mol. The molecule has 2 aliphatic heterocycles. The summed E-state index contributed by atoms with van der Waals surface area (Å²) < 4.78 is 3.22. The van der Waals surface area contributed by atoms with Crippen LogP contribution in [-0.2, 0) is 14.3 Å². The minimum Gasteiger partial charge on any atom is -0.383 e. The molecule has 0 aromatic rings. The molecule has 1 saturated heterocycles. The molecule has 0 spiro atoms. The minimum absolute atomic E-state index is 0.0544. The van der Waals surface area contributed by atoms with Gasteiger partial charge in [-0.05, 0) is 19.3 Å². The van der Waals surface area contributed by atoms with Crippen LogP contribution in [0.3, 0.4) is 0 Å². The number of hydrogen-bond donors (Lipinski definition) is 0. The summed E-state index contributed by atoms with van der Waals surface area (Å²) in [5.41, 5.74) is 0.952. The predicted octanol–water partition coefficient (Wildman–Crippen LogP) is 4.08. The van der Waals surface area contributed by atoms with E-state index >= 15 is 0 Å². The molecule has 0 aliphatic carbocycles. The fourth-order valence-electron chi connectivity index (χ4n) is 3.76. The Morgan fingerprint density at radius 1 is 1.26 bits per heavy atom. The van der Waals surface area contributed by atoms with Crippen LogP contribution in [0.25, 0.3) is 0 Å². The maximum absolute atomic E-state index is 13.4. The molecule has 2 rings (SSSR count). The lowest BCUT2D eigenvalue weighted by Crippen LogP contribution is -2.42. The quantitative estimate of drug-likeness (QED) is 0.563.